The molecule has 2 unspecified atom stereocenters. The fourth-order valence-electron chi connectivity index (χ4n) is 3.91. The van der Waals surface area contributed by atoms with E-state index in [1.54, 1.807) is 39.0 Å². The van der Waals surface area contributed by atoms with Crippen molar-refractivity contribution in [1.82, 2.24) is 5.32 Å². The second-order valence-electron chi connectivity index (χ2n) is 7.56. The maximum atomic E-state index is 13.6. The van der Waals surface area contributed by atoms with Crippen LogP contribution in [0.25, 0.3) is 0 Å². The number of amides is 1. The molecule has 2 aliphatic carbocycles. The summed E-state index contributed by atoms with van der Waals surface area (Å²) in [6.07, 6.45) is 4.17. The minimum Gasteiger partial charge on any atom is -0.326 e. The van der Waals surface area contributed by atoms with E-state index in [1.165, 1.54) is 0 Å². The summed E-state index contributed by atoms with van der Waals surface area (Å²) >= 11 is 0. The van der Waals surface area contributed by atoms with Crippen LogP contribution in [0.3, 0.4) is 0 Å². The summed E-state index contributed by atoms with van der Waals surface area (Å²) in [6.45, 7) is 9.05. The van der Waals surface area contributed by atoms with Gasteiger partial charge in [0.2, 0.25) is 5.91 Å². The molecule has 1 N–H and O–H groups in total. The lowest BCUT2D eigenvalue weighted by Crippen LogP contribution is -2.26. The maximum Gasteiger partial charge on any atom is 0.412 e. The van der Waals surface area contributed by atoms with Gasteiger partial charge in [0, 0.05) is 17.2 Å². The molecular formula is C21H28F3NO. The molecule has 0 aromatic carbocycles. The van der Waals surface area contributed by atoms with Crippen LogP contribution in [0, 0.1) is 17.8 Å². The molecule has 2 atom stereocenters. The van der Waals surface area contributed by atoms with Crippen molar-refractivity contribution in [3.63, 3.8) is 0 Å². The van der Waals surface area contributed by atoms with Crippen molar-refractivity contribution in [2.24, 2.45) is 17.8 Å². The number of alkyl halides is 3. The van der Waals surface area contributed by atoms with Gasteiger partial charge in [-0.3, -0.25) is 4.79 Å². The van der Waals surface area contributed by atoms with Crippen molar-refractivity contribution >= 4 is 5.91 Å². The molecule has 1 fully saturated rings. The molecule has 2 rings (SSSR count). The summed E-state index contributed by atoms with van der Waals surface area (Å²) in [5.74, 6) is 0.169. The Hall–Kier alpha value is -1.78. The van der Waals surface area contributed by atoms with E-state index in [4.69, 9.17) is 0 Å². The van der Waals surface area contributed by atoms with Gasteiger partial charge in [0.25, 0.3) is 0 Å². The number of fused-ring (bicyclic) bond motifs is 1. The van der Waals surface area contributed by atoms with E-state index in [9.17, 15) is 18.0 Å². The minimum atomic E-state index is -4.30. The standard InChI is InChI=1S/C21H28F3NO/c1-5-15(10-9-14(4)25-20(26)13(2)3)18-11-16-7-6-8-17(16)12-19(18)21(22,23)24/h5,9-10,13,16-17H,4,6-8,11-12H2,1-3H3,(H,25,26)/b10-9-,15-5+. The zero-order chi connectivity index (χ0) is 19.5. The van der Waals surface area contributed by atoms with Crippen LogP contribution in [-0.4, -0.2) is 12.1 Å². The fraction of sp³-hybridized carbons (Fsp3) is 0.571. The molecule has 26 heavy (non-hydrogen) atoms. The highest BCUT2D eigenvalue weighted by atomic mass is 19.4. The molecule has 5 heteroatoms. The SMILES string of the molecule is C=C(/C=C\C(=C/C)C1=C(C(F)(F)F)CC2CCCC2C1)NC(=O)C(C)C. The highest BCUT2D eigenvalue weighted by molar-refractivity contribution is 5.80. The average Bonchev–Trinajstić information content (AvgIpc) is 3.01. The van der Waals surface area contributed by atoms with Gasteiger partial charge in [0.1, 0.15) is 0 Å². The van der Waals surface area contributed by atoms with Gasteiger partial charge in [0.15, 0.2) is 0 Å². The summed E-state index contributed by atoms with van der Waals surface area (Å²) < 4.78 is 40.9. The first-order valence-electron chi connectivity index (χ1n) is 9.27. The minimum absolute atomic E-state index is 0.125. The third-order valence-corrected chi connectivity index (χ3v) is 5.39. The molecule has 2 aliphatic rings. The van der Waals surface area contributed by atoms with Gasteiger partial charge in [0.05, 0.1) is 0 Å². The van der Waals surface area contributed by atoms with E-state index in [1.807, 2.05) is 0 Å². The van der Waals surface area contributed by atoms with Crippen molar-refractivity contribution in [2.45, 2.75) is 59.1 Å². The van der Waals surface area contributed by atoms with Gasteiger partial charge in [-0.2, -0.15) is 13.2 Å². The summed E-state index contributed by atoms with van der Waals surface area (Å²) in [5.41, 5.74) is 0.979. The largest absolute Gasteiger partial charge is 0.412 e. The summed E-state index contributed by atoms with van der Waals surface area (Å²) in [5, 5.41) is 2.65. The molecule has 1 amide bonds. The number of hydrogen-bond donors (Lipinski definition) is 1. The van der Waals surface area contributed by atoms with E-state index < -0.39 is 6.18 Å². The summed E-state index contributed by atoms with van der Waals surface area (Å²) in [7, 11) is 0. The normalized spacial score (nSPS) is 24.3. The van der Waals surface area contributed by atoms with Crippen molar-refractivity contribution in [1.29, 1.82) is 0 Å². The molecule has 144 valence electrons. The van der Waals surface area contributed by atoms with Crippen LogP contribution in [-0.2, 0) is 4.79 Å². The Labute approximate surface area is 153 Å². The number of halogens is 3. The lowest BCUT2D eigenvalue weighted by molar-refractivity contribution is -0.123. The lowest BCUT2D eigenvalue weighted by atomic mass is 9.75. The number of carbonyl (C=O) groups excluding carboxylic acids is 1. The molecular weight excluding hydrogens is 339 g/mol. The summed E-state index contributed by atoms with van der Waals surface area (Å²) in [6, 6.07) is 0. The van der Waals surface area contributed by atoms with Crippen LogP contribution < -0.4 is 5.32 Å². The Morgan fingerprint density at radius 1 is 1.19 bits per heavy atom. The van der Waals surface area contributed by atoms with E-state index >= 15 is 0 Å². The van der Waals surface area contributed by atoms with Crippen LogP contribution in [0.15, 0.2) is 47.2 Å². The second kappa shape index (κ2) is 8.28. The Kier molecular flexibility index (Phi) is 6.53. The summed E-state index contributed by atoms with van der Waals surface area (Å²) in [4.78, 5) is 11.7. The first-order valence-corrected chi connectivity index (χ1v) is 9.27. The maximum absolute atomic E-state index is 13.6. The molecule has 2 nitrogen and oxygen atoms in total. The van der Waals surface area contributed by atoms with Crippen LogP contribution in [0.1, 0.15) is 52.9 Å². The molecule has 0 aliphatic heterocycles. The number of rotatable bonds is 5. The van der Waals surface area contributed by atoms with Gasteiger partial charge < -0.3 is 5.32 Å². The van der Waals surface area contributed by atoms with Gasteiger partial charge in [-0.25, -0.2) is 0 Å². The Morgan fingerprint density at radius 3 is 2.35 bits per heavy atom. The first kappa shape index (κ1) is 20.5. The predicted octanol–water partition coefficient (Wildman–Crippen LogP) is 5.84. The third kappa shape index (κ3) is 4.89. The Balaban J connectivity index is 2.24. The predicted molar refractivity (Wildman–Crippen MR) is 98.2 cm³/mol. The van der Waals surface area contributed by atoms with Crippen LogP contribution >= 0.6 is 0 Å². The fourth-order valence-corrected chi connectivity index (χ4v) is 3.91. The van der Waals surface area contributed by atoms with Gasteiger partial charge in [-0.1, -0.05) is 39.0 Å². The number of hydrogen-bond acceptors (Lipinski definition) is 1. The number of carbonyl (C=O) groups is 1. The number of nitrogens with one attached hydrogen (secondary N) is 1. The zero-order valence-corrected chi connectivity index (χ0v) is 15.7. The Morgan fingerprint density at radius 2 is 1.81 bits per heavy atom. The molecule has 0 heterocycles. The highest BCUT2D eigenvalue weighted by Gasteiger charge is 2.43. The van der Waals surface area contributed by atoms with Crippen LogP contribution in [0.5, 0.6) is 0 Å². The van der Waals surface area contributed by atoms with Crippen molar-refractivity contribution in [2.75, 3.05) is 0 Å². The van der Waals surface area contributed by atoms with E-state index in [0.717, 1.165) is 19.3 Å². The zero-order valence-electron chi connectivity index (χ0n) is 15.7. The van der Waals surface area contributed by atoms with Gasteiger partial charge >= 0.3 is 6.18 Å². The highest BCUT2D eigenvalue weighted by Crippen LogP contribution is 2.50. The van der Waals surface area contributed by atoms with Gasteiger partial charge in [-0.05, 0) is 61.7 Å². The monoisotopic (exact) mass is 367 g/mol. The number of allylic oxidation sites excluding steroid dienone is 6. The van der Waals surface area contributed by atoms with Gasteiger partial charge in [-0.15, -0.1) is 0 Å². The van der Waals surface area contributed by atoms with E-state index in [-0.39, 0.29) is 29.7 Å². The van der Waals surface area contributed by atoms with E-state index in [0.29, 0.717) is 29.2 Å². The lowest BCUT2D eigenvalue weighted by Gasteiger charge is -2.32. The van der Waals surface area contributed by atoms with Crippen molar-refractivity contribution < 1.29 is 18.0 Å². The average molecular weight is 367 g/mol. The van der Waals surface area contributed by atoms with Crippen LogP contribution in [0.4, 0.5) is 13.2 Å². The van der Waals surface area contributed by atoms with E-state index in [2.05, 4.69) is 11.9 Å². The smallest absolute Gasteiger partial charge is 0.326 e. The molecule has 0 spiro atoms. The van der Waals surface area contributed by atoms with Crippen LogP contribution in [0.2, 0.25) is 0 Å². The molecule has 0 saturated heterocycles. The molecule has 0 radical (unpaired) electrons. The molecule has 0 bridgehead atoms. The molecule has 0 aromatic rings. The quantitative estimate of drug-likeness (QED) is 0.607. The second-order valence-corrected chi connectivity index (χ2v) is 7.56. The first-order chi connectivity index (χ1) is 12.1. The Bertz CT molecular complexity index is 653. The molecule has 0 aromatic heterocycles. The molecule has 1 saturated carbocycles. The van der Waals surface area contributed by atoms with Crippen molar-refractivity contribution in [3.05, 3.63) is 47.2 Å². The third-order valence-electron chi connectivity index (χ3n) is 5.39. The topological polar surface area (TPSA) is 29.1 Å². The van der Waals surface area contributed by atoms with Crippen molar-refractivity contribution in [3.8, 4) is 0 Å².